The number of aromatic hydroxyl groups is 2. The van der Waals surface area contributed by atoms with Gasteiger partial charge in [0.25, 0.3) is 0 Å². The topological polar surface area (TPSA) is 89.6 Å². The molecule has 0 saturated carbocycles. The van der Waals surface area contributed by atoms with Crippen molar-refractivity contribution >= 4 is 5.70 Å². The van der Waals surface area contributed by atoms with E-state index in [1.54, 1.807) is 42.0 Å². The van der Waals surface area contributed by atoms with Gasteiger partial charge >= 0.3 is 6.01 Å². The van der Waals surface area contributed by atoms with Crippen molar-refractivity contribution in [3.05, 3.63) is 72.3 Å². The summed E-state index contributed by atoms with van der Waals surface area (Å²) >= 11 is 0. The molecule has 1 aromatic heterocycles. The zero-order valence-corrected chi connectivity index (χ0v) is 20.4. The van der Waals surface area contributed by atoms with E-state index in [0.717, 1.165) is 42.7 Å². The van der Waals surface area contributed by atoms with Crippen LogP contribution < -0.4 is 9.47 Å². The Morgan fingerprint density at radius 1 is 0.971 bits per heavy atom. The molecule has 0 spiro atoms. The van der Waals surface area contributed by atoms with E-state index in [0.29, 0.717) is 22.7 Å². The van der Waals surface area contributed by atoms with Gasteiger partial charge in [0, 0.05) is 11.8 Å². The number of hydrogen-bond acceptors (Lipinski definition) is 6. The fraction of sp³-hybridized carbons (Fsp3) is 0.286. The molecule has 0 aliphatic heterocycles. The molecule has 182 valence electrons. The van der Waals surface area contributed by atoms with E-state index in [1.807, 2.05) is 26.0 Å². The highest BCUT2D eigenvalue weighted by Crippen LogP contribution is 2.40. The second-order valence-corrected chi connectivity index (χ2v) is 8.87. The number of ether oxygens (including phenoxy) is 2. The van der Waals surface area contributed by atoms with Crippen LogP contribution in [0.1, 0.15) is 51.0 Å². The minimum absolute atomic E-state index is 0.0415. The van der Waals surface area contributed by atoms with Gasteiger partial charge in [0.05, 0.1) is 12.7 Å². The normalized spacial score (nSPS) is 16.7. The number of phenolic OH excluding ortho intramolecular Hbond substituents is 2. The fourth-order valence-electron chi connectivity index (χ4n) is 3.99. The van der Waals surface area contributed by atoms with Crippen LogP contribution >= 0.6 is 0 Å². The standard InChI is InChI=1S/C28H31N3O4/c1-18(2)23-16-24(26(33)17-25(23)32)27-29-30-28(35-22-14-12-21(34-4)13-15-22)31(27)20-9-7-5-6-8-19(3)10-11-20/h9-18,32-33H,3,5-8H2,1-2,4H3/b11-10-,20-9+. The number of benzene rings is 2. The molecule has 2 aromatic carbocycles. The number of methoxy groups -OCH3 is 1. The van der Waals surface area contributed by atoms with Crippen LogP contribution in [0.3, 0.4) is 0 Å². The Labute approximate surface area is 205 Å². The van der Waals surface area contributed by atoms with Gasteiger partial charge in [0.15, 0.2) is 5.82 Å². The van der Waals surface area contributed by atoms with Crippen LogP contribution in [0, 0.1) is 0 Å². The summed E-state index contributed by atoms with van der Waals surface area (Å²) in [7, 11) is 1.61. The van der Waals surface area contributed by atoms with Crippen molar-refractivity contribution in [3.8, 4) is 40.4 Å². The molecule has 0 bridgehead atoms. The van der Waals surface area contributed by atoms with Crippen molar-refractivity contribution in [1.29, 1.82) is 0 Å². The first-order valence-corrected chi connectivity index (χ1v) is 11.8. The van der Waals surface area contributed by atoms with Crippen LogP contribution in [0.2, 0.25) is 0 Å². The molecule has 7 nitrogen and oxygen atoms in total. The summed E-state index contributed by atoms with van der Waals surface area (Å²) in [5.74, 6) is 1.70. The van der Waals surface area contributed by atoms with Crippen molar-refractivity contribution in [1.82, 2.24) is 14.8 Å². The molecule has 0 radical (unpaired) electrons. The zero-order valence-electron chi connectivity index (χ0n) is 20.4. The molecule has 4 rings (SSSR count). The highest BCUT2D eigenvalue weighted by molar-refractivity contribution is 5.73. The molecule has 0 amide bonds. The largest absolute Gasteiger partial charge is 0.508 e. The lowest BCUT2D eigenvalue weighted by Crippen LogP contribution is -2.03. The lowest BCUT2D eigenvalue weighted by atomic mass is 9.98. The third-order valence-corrected chi connectivity index (χ3v) is 5.96. The second-order valence-electron chi connectivity index (χ2n) is 8.87. The third-order valence-electron chi connectivity index (χ3n) is 5.96. The summed E-state index contributed by atoms with van der Waals surface area (Å²) in [6.45, 7) is 8.11. The molecule has 1 heterocycles. The Bertz CT molecular complexity index is 1270. The number of aromatic nitrogens is 3. The van der Waals surface area contributed by atoms with Gasteiger partial charge in [0.2, 0.25) is 0 Å². The number of rotatable bonds is 6. The van der Waals surface area contributed by atoms with Crippen LogP contribution in [-0.2, 0) is 0 Å². The molecule has 1 aliphatic rings. The maximum Gasteiger partial charge on any atom is 0.327 e. The van der Waals surface area contributed by atoms with Crippen LogP contribution in [0.25, 0.3) is 17.1 Å². The van der Waals surface area contributed by atoms with Gasteiger partial charge in [-0.1, -0.05) is 43.3 Å². The van der Waals surface area contributed by atoms with Gasteiger partial charge in [-0.05, 0) is 73.6 Å². The van der Waals surface area contributed by atoms with Gasteiger partial charge in [-0.3, -0.25) is 0 Å². The van der Waals surface area contributed by atoms with E-state index >= 15 is 0 Å². The highest BCUT2D eigenvalue weighted by Gasteiger charge is 2.23. The summed E-state index contributed by atoms with van der Waals surface area (Å²) in [6, 6.07) is 10.6. The third kappa shape index (κ3) is 5.40. The Kier molecular flexibility index (Phi) is 7.25. The van der Waals surface area contributed by atoms with Crippen LogP contribution in [0.5, 0.6) is 29.0 Å². The SMILES string of the molecule is C=C1/C=C\C(n2c(Oc3ccc(OC)cc3)nnc2-c2cc(C(C)C)c(O)cc2O)=C/CCCC1. The molecule has 0 fully saturated rings. The molecular formula is C28H31N3O4. The van der Waals surface area contributed by atoms with Gasteiger partial charge in [-0.2, -0.15) is 0 Å². The average molecular weight is 474 g/mol. The van der Waals surface area contributed by atoms with Crippen LogP contribution in [-0.4, -0.2) is 32.1 Å². The van der Waals surface area contributed by atoms with Crippen molar-refractivity contribution in [2.45, 2.75) is 45.4 Å². The monoisotopic (exact) mass is 473 g/mol. The Balaban J connectivity index is 1.87. The number of nitrogens with zero attached hydrogens (tertiary/aromatic N) is 3. The molecular weight excluding hydrogens is 442 g/mol. The van der Waals surface area contributed by atoms with E-state index < -0.39 is 0 Å². The van der Waals surface area contributed by atoms with E-state index in [1.165, 1.54) is 6.07 Å². The Hall–Kier alpha value is -4.00. The summed E-state index contributed by atoms with van der Waals surface area (Å²) in [4.78, 5) is 0. The maximum absolute atomic E-state index is 10.8. The van der Waals surface area contributed by atoms with Gasteiger partial charge < -0.3 is 19.7 Å². The summed E-state index contributed by atoms with van der Waals surface area (Å²) in [5.41, 5.74) is 3.02. The molecule has 7 heteroatoms. The molecule has 3 aromatic rings. The van der Waals surface area contributed by atoms with Crippen molar-refractivity contribution in [3.63, 3.8) is 0 Å². The highest BCUT2D eigenvalue weighted by atomic mass is 16.5. The summed E-state index contributed by atoms with van der Waals surface area (Å²) in [5, 5.41) is 29.9. The molecule has 0 unspecified atom stereocenters. The van der Waals surface area contributed by atoms with Gasteiger partial charge in [0.1, 0.15) is 23.0 Å². The first-order valence-electron chi connectivity index (χ1n) is 11.8. The molecule has 35 heavy (non-hydrogen) atoms. The minimum atomic E-state index is -0.0893. The van der Waals surface area contributed by atoms with Crippen molar-refractivity contribution < 1.29 is 19.7 Å². The Morgan fingerprint density at radius 2 is 1.71 bits per heavy atom. The predicted octanol–water partition coefficient (Wildman–Crippen LogP) is 6.81. The lowest BCUT2D eigenvalue weighted by molar-refractivity contribution is 0.409. The fourth-order valence-corrected chi connectivity index (χ4v) is 3.99. The molecule has 1 aliphatic carbocycles. The molecule has 0 atom stereocenters. The summed E-state index contributed by atoms with van der Waals surface area (Å²) in [6.07, 6.45) is 9.98. The second kappa shape index (κ2) is 10.5. The maximum atomic E-state index is 10.8. The lowest BCUT2D eigenvalue weighted by Gasteiger charge is -2.15. The minimum Gasteiger partial charge on any atom is -0.508 e. The van der Waals surface area contributed by atoms with Gasteiger partial charge in [-0.15, -0.1) is 5.10 Å². The zero-order chi connectivity index (χ0) is 24.9. The van der Waals surface area contributed by atoms with Crippen molar-refractivity contribution in [2.24, 2.45) is 0 Å². The van der Waals surface area contributed by atoms with Crippen LogP contribution in [0.4, 0.5) is 0 Å². The predicted molar refractivity (Wildman–Crippen MR) is 137 cm³/mol. The first-order chi connectivity index (χ1) is 16.9. The van der Waals surface area contributed by atoms with E-state index in [-0.39, 0.29) is 23.4 Å². The van der Waals surface area contributed by atoms with E-state index in [2.05, 4.69) is 22.9 Å². The van der Waals surface area contributed by atoms with Crippen LogP contribution in [0.15, 0.2) is 66.8 Å². The molecule has 0 saturated heterocycles. The van der Waals surface area contributed by atoms with E-state index in [9.17, 15) is 10.2 Å². The quantitative estimate of drug-likeness (QED) is 0.409. The number of hydrogen-bond donors (Lipinski definition) is 2. The average Bonchev–Trinajstić information content (AvgIpc) is 3.27. The number of phenols is 2. The first kappa shape index (κ1) is 24.1. The van der Waals surface area contributed by atoms with E-state index in [4.69, 9.17) is 9.47 Å². The summed E-state index contributed by atoms with van der Waals surface area (Å²) < 4.78 is 13.2. The number of allylic oxidation sites excluding steroid dienone is 5. The van der Waals surface area contributed by atoms with Crippen molar-refractivity contribution in [2.75, 3.05) is 7.11 Å². The molecule has 2 N–H and O–H groups in total. The van der Waals surface area contributed by atoms with Gasteiger partial charge in [-0.25, -0.2) is 4.57 Å². The smallest absolute Gasteiger partial charge is 0.327 e. The Morgan fingerprint density at radius 3 is 2.43 bits per heavy atom.